The molecule has 3 nitrogen and oxygen atoms in total. The van der Waals surface area contributed by atoms with Gasteiger partial charge in [0.05, 0.1) is 0 Å². The van der Waals surface area contributed by atoms with E-state index in [4.69, 9.17) is 5.11 Å². The minimum Gasteiger partial charge on any atom is -0.396 e. The molecule has 0 bridgehead atoms. The van der Waals surface area contributed by atoms with Gasteiger partial charge < -0.3 is 10.4 Å². The van der Waals surface area contributed by atoms with Crippen LogP contribution in [-0.4, -0.2) is 23.7 Å². The van der Waals surface area contributed by atoms with Crippen molar-refractivity contribution in [1.29, 1.82) is 0 Å². The molecular formula is C11H21NO2. The molecule has 0 spiro atoms. The summed E-state index contributed by atoms with van der Waals surface area (Å²) in [5.74, 6) is 0.842. The van der Waals surface area contributed by atoms with E-state index in [0.29, 0.717) is 18.4 Å². The van der Waals surface area contributed by atoms with Gasteiger partial charge in [0, 0.05) is 19.1 Å². The van der Waals surface area contributed by atoms with Gasteiger partial charge in [-0.1, -0.05) is 6.42 Å². The van der Waals surface area contributed by atoms with E-state index in [-0.39, 0.29) is 12.5 Å². The van der Waals surface area contributed by atoms with Crippen LogP contribution in [0.25, 0.3) is 0 Å². The topological polar surface area (TPSA) is 49.3 Å². The van der Waals surface area contributed by atoms with E-state index >= 15 is 0 Å². The summed E-state index contributed by atoms with van der Waals surface area (Å²) in [6.07, 6.45) is 5.91. The van der Waals surface area contributed by atoms with E-state index in [2.05, 4.69) is 12.2 Å². The van der Waals surface area contributed by atoms with Crippen molar-refractivity contribution < 1.29 is 9.90 Å². The normalized spacial score (nSPS) is 18.7. The van der Waals surface area contributed by atoms with Crippen LogP contribution in [-0.2, 0) is 4.79 Å². The maximum Gasteiger partial charge on any atom is 0.220 e. The summed E-state index contributed by atoms with van der Waals surface area (Å²) in [5.41, 5.74) is 0. The molecule has 82 valence electrons. The van der Waals surface area contributed by atoms with Gasteiger partial charge in [0.15, 0.2) is 0 Å². The minimum absolute atomic E-state index is 0.137. The molecule has 1 saturated carbocycles. The smallest absolute Gasteiger partial charge is 0.220 e. The van der Waals surface area contributed by atoms with Gasteiger partial charge in [0.1, 0.15) is 0 Å². The number of aliphatic hydroxyl groups is 1. The summed E-state index contributed by atoms with van der Waals surface area (Å²) in [6.45, 7) is 2.28. The number of aliphatic hydroxyl groups excluding tert-OH is 1. The lowest BCUT2D eigenvalue weighted by atomic mass is 9.80. The highest BCUT2D eigenvalue weighted by molar-refractivity contribution is 5.76. The fraction of sp³-hybridized carbons (Fsp3) is 0.909. The van der Waals surface area contributed by atoms with Crippen LogP contribution in [0.15, 0.2) is 0 Å². The predicted molar refractivity (Wildman–Crippen MR) is 55.9 cm³/mol. The summed E-state index contributed by atoms with van der Waals surface area (Å²) in [6, 6.07) is 0.338. The van der Waals surface area contributed by atoms with E-state index in [1.807, 2.05) is 0 Å². The van der Waals surface area contributed by atoms with Gasteiger partial charge in [0.25, 0.3) is 0 Å². The molecule has 14 heavy (non-hydrogen) atoms. The highest BCUT2D eigenvalue weighted by atomic mass is 16.2. The Morgan fingerprint density at radius 2 is 2.21 bits per heavy atom. The molecule has 1 unspecified atom stereocenters. The number of carbonyl (C=O) groups is 1. The molecule has 0 aromatic rings. The SMILES string of the molecule is CC(NC(=O)CCCCO)C1CCC1. The second kappa shape index (κ2) is 6.02. The zero-order chi connectivity index (χ0) is 10.4. The molecule has 3 heteroatoms. The van der Waals surface area contributed by atoms with Gasteiger partial charge in [0.2, 0.25) is 5.91 Å². The Morgan fingerprint density at radius 1 is 1.50 bits per heavy atom. The van der Waals surface area contributed by atoms with Gasteiger partial charge in [-0.3, -0.25) is 4.79 Å². The Morgan fingerprint density at radius 3 is 2.71 bits per heavy atom. The van der Waals surface area contributed by atoms with Crippen molar-refractivity contribution in [1.82, 2.24) is 5.32 Å². The van der Waals surface area contributed by atoms with Gasteiger partial charge in [-0.2, -0.15) is 0 Å². The summed E-state index contributed by atoms with van der Waals surface area (Å²) >= 11 is 0. The van der Waals surface area contributed by atoms with Crippen molar-refractivity contribution in [3.05, 3.63) is 0 Å². The highest BCUT2D eigenvalue weighted by Gasteiger charge is 2.24. The van der Waals surface area contributed by atoms with Crippen LogP contribution in [0, 0.1) is 5.92 Å². The molecule has 1 aliphatic carbocycles. The molecule has 1 atom stereocenters. The maximum absolute atomic E-state index is 11.4. The first-order valence-corrected chi connectivity index (χ1v) is 5.64. The lowest BCUT2D eigenvalue weighted by Crippen LogP contribution is -2.40. The molecule has 1 rings (SSSR count). The van der Waals surface area contributed by atoms with Crippen LogP contribution in [0.3, 0.4) is 0 Å². The highest BCUT2D eigenvalue weighted by Crippen LogP contribution is 2.29. The van der Waals surface area contributed by atoms with Crippen LogP contribution < -0.4 is 5.32 Å². The molecule has 1 aliphatic rings. The average Bonchev–Trinajstić information content (AvgIpc) is 2.00. The standard InChI is InChI=1S/C11H21NO2/c1-9(10-5-4-6-10)12-11(14)7-2-3-8-13/h9-10,13H,2-8H2,1H3,(H,12,14). The van der Waals surface area contributed by atoms with E-state index in [1.54, 1.807) is 0 Å². The van der Waals surface area contributed by atoms with Gasteiger partial charge in [-0.15, -0.1) is 0 Å². The monoisotopic (exact) mass is 199 g/mol. The van der Waals surface area contributed by atoms with Gasteiger partial charge in [-0.25, -0.2) is 0 Å². The Labute approximate surface area is 85.9 Å². The van der Waals surface area contributed by atoms with E-state index in [9.17, 15) is 4.79 Å². The number of rotatable bonds is 6. The van der Waals surface area contributed by atoms with Gasteiger partial charge in [-0.05, 0) is 38.5 Å². The first kappa shape index (κ1) is 11.5. The Kier molecular flexibility index (Phi) is 4.94. The maximum atomic E-state index is 11.4. The van der Waals surface area contributed by atoms with Crippen molar-refractivity contribution in [2.24, 2.45) is 5.92 Å². The Bertz CT molecular complexity index is 178. The summed E-state index contributed by atoms with van der Waals surface area (Å²) in [5, 5.41) is 11.6. The number of hydrogen-bond donors (Lipinski definition) is 2. The Balaban J connectivity index is 2.06. The third-order valence-corrected chi connectivity index (χ3v) is 3.06. The molecule has 0 saturated heterocycles. The molecular weight excluding hydrogens is 178 g/mol. The molecule has 0 aromatic heterocycles. The van der Waals surface area contributed by atoms with Crippen molar-refractivity contribution in [3.8, 4) is 0 Å². The summed E-state index contributed by atoms with van der Waals surface area (Å²) < 4.78 is 0. The summed E-state index contributed by atoms with van der Waals surface area (Å²) in [4.78, 5) is 11.4. The molecule has 1 amide bonds. The number of nitrogens with one attached hydrogen (secondary N) is 1. The van der Waals surface area contributed by atoms with Crippen molar-refractivity contribution >= 4 is 5.91 Å². The first-order chi connectivity index (χ1) is 6.74. The second-order valence-corrected chi connectivity index (χ2v) is 4.23. The van der Waals surface area contributed by atoms with Gasteiger partial charge >= 0.3 is 0 Å². The average molecular weight is 199 g/mol. The lowest BCUT2D eigenvalue weighted by molar-refractivity contribution is -0.122. The molecule has 2 N–H and O–H groups in total. The minimum atomic E-state index is 0.137. The van der Waals surface area contributed by atoms with E-state index < -0.39 is 0 Å². The molecule has 0 aromatic carbocycles. The van der Waals surface area contributed by atoms with E-state index in [0.717, 1.165) is 12.8 Å². The fourth-order valence-corrected chi connectivity index (χ4v) is 1.78. The third kappa shape index (κ3) is 3.66. The molecule has 1 fully saturated rings. The van der Waals surface area contributed by atoms with E-state index in [1.165, 1.54) is 19.3 Å². The molecule has 0 aliphatic heterocycles. The third-order valence-electron chi connectivity index (χ3n) is 3.06. The lowest BCUT2D eigenvalue weighted by Gasteiger charge is -2.31. The largest absolute Gasteiger partial charge is 0.396 e. The summed E-state index contributed by atoms with van der Waals surface area (Å²) in [7, 11) is 0. The van der Waals surface area contributed by atoms with Crippen LogP contribution in [0.5, 0.6) is 0 Å². The quantitative estimate of drug-likeness (QED) is 0.636. The van der Waals surface area contributed by atoms with Crippen molar-refractivity contribution in [3.63, 3.8) is 0 Å². The van der Waals surface area contributed by atoms with Crippen LogP contribution in [0.4, 0.5) is 0 Å². The number of hydrogen-bond acceptors (Lipinski definition) is 2. The van der Waals surface area contributed by atoms with Crippen LogP contribution >= 0.6 is 0 Å². The second-order valence-electron chi connectivity index (χ2n) is 4.23. The number of carbonyl (C=O) groups excluding carboxylic acids is 1. The first-order valence-electron chi connectivity index (χ1n) is 5.64. The fourth-order valence-electron chi connectivity index (χ4n) is 1.78. The van der Waals surface area contributed by atoms with Crippen molar-refractivity contribution in [2.45, 2.75) is 51.5 Å². The van der Waals surface area contributed by atoms with Crippen molar-refractivity contribution in [2.75, 3.05) is 6.61 Å². The molecule has 0 radical (unpaired) electrons. The Hall–Kier alpha value is -0.570. The van der Waals surface area contributed by atoms with Crippen LogP contribution in [0.1, 0.15) is 45.4 Å². The zero-order valence-electron chi connectivity index (χ0n) is 8.96. The predicted octanol–water partition coefficient (Wildman–Crippen LogP) is 1.45. The van der Waals surface area contributed by atoms with Crippen LogP contribution in [0.2, 0.25) is 0 Å². The zero-order valence-corrected chi connectivity index (χ0v) is 8.96. The number of amides is 1. The number of unbranched alkanes of at least 4 members (excludes halogenated alkanes) is 1. The molecule has 0 heterocycles.